The molecular formula is C17H22N2O. The van der Waals surface area contributed by atoms with Gasteiger partial charge in [0.25, 0.3) is 0 Å². The summed E-state index contributed by atoms with van der Waals surface area (Å²) in [6.07, 6.45) is 3.17. The number of nitrogens with zero attached hydrogens (tertiary/aromatic N) is 2. The summed E-state index contributed by atoms with van der Waals surface area (Å²) in [5, 5.41) is 5.47. The Bertz CT molecular complexity index is 643. The van der Waals surface area contributed by atoms with Crippen molar-refractivity contribution >= 4 is 16.7 Å². The highest BCUT2D eigenvalue weighted by Gasteiger charge is 2.31. The molecule has 1 saturated carbocycles. The zero-order valence-electron chi connectivity index (χ0n) is 12.5. The molecule has 1 fully saturated rings. The first-order chi connectivity index (χ1) is 9.58. The van der Waals surface area contributed by atoms with Crippen molar-refractivity contribution in [1.29, 1.82) is 0 Å². The molecule has 106 valence electrons. The SMILES string of the molecule is CC1CCC(C(=O)c2nn(C)c3ccccc23)CC1C. The van der Waals surface area contributed by atoms with E-state index in [-0.39, 0.29) is 11.7 Å². The maximum absolute atomic E-state index is 12.8. The number of para-hydroxylation sites is 1. The lowest BCUT2D eigenvalue weighted by atomic mass is 9.74. The van der Waals surface area contributed by atoms with Gasteiger partial charge >= 0.3 is 0 Å². The van der Waals surface area contributed by atoms with E-state index >= 15 is 0 Å². The first-order valence-corrected chi connectivity index (χ1v) is 7.54. The lowest BCUT2D eigenvalue weighted by molar-refractivity contribution is 0.0833. The van der Waals surface area contributed by atoms with Crippen molar-refractivity contribution in [2.75, 3.05) is 0 Å². The molecule has 2 aromatic rings. The van der Waals surface area contributed by atoms with Crippen molar-refractivity contribution < 1.29 is 4.79 Å². The van der Waals surface area contributed by atoms with Gasteiger partial charge in [-0.1, -0.05) is 32.0 Å². The predicted octanol–water partition coefficient (Wildman–Crippen LogP) is 3.83. The molecular weight excluding hydrogens is 248 g/mol. The molecule has 1 aliphatic carbocycles. The van der Waals surface area contributed by atoms with Crippen LogP contribution in [0.15, 0.2) is 24.3 Å². The highest BCUT2D eigenvalue weighted by molar-refractivity contribution is 6.07. The fraction of sp³-hybridized carbons (Fsp3) is 0.529. The van der Waals surface area contributed by atoms with Crippen LogP contribution >= 0.6 is 0 Å². The highest BCUT2D eigenvalue weighted by atomic mass is 16.1. The summed E-state index contributed by atoms with van der Waals surface area (Å²) in [5.74, 6) is 1.76. The minimum Gasteiger partial charge on any atom is -0.292 e. The second-order valence-corrected chi connectivity index (χ2v) is 6.32. The molecule has 1 heterocycles. The number of aromatic nitrogens is 2. The fourth-order valence-electron chi connectivity index (χ4n) is 3.37. The maximum atomic E-state index is 12.8. The lowest BCUT2D eigenvalue weighted by Crippen LogP contribution is -2.26. The van der Waals surface area contributed by atoms with Gasteiger partial charge in [0.1, 0.15) is 5.69 Å². The monoisotopic (exact) mass is 270 g/mol. The molecule has 3 unspecified atom stereocenters. The Balaban J connectivity index is 1.93. The van der Waals surface area contributed by atoms with E-state index in [9.17, 15) is 4.79 Å². The number of fused-ring (bicyclic) bond motifs is 1. The molecule has 3 rings (SSSR count). The summed E-state index contributed by atoms with van der Waals surface area (Å²) < 4.78 is 1.82. The molecule has 3 atom stereocenters. The van der Waals surface area contributed by atoms with Crippen LogP contribution in [0.5, 0.6) is 0 Å². The Labute approximate surface area is 120 Å². The summed E-state index contributed by atoms with van der Waals surface area (Å²) in [4.78, 5) is 12.8. The molecule has 20 heavy (non-hydrogen) atoms. The quantitative estimate of drug-likeness (QED) is 0.777. The third-order valence-corrected chi connectivity index (χ3v) is 4.96. The van der Waals surface area contributed by atoms with Crippen molar-refractivity contribution in [3.8, 4) is 0 Å². The van der Waals surface area contributed by atoms with Gasteiger partial charge in [0, 0.05) is 18.4 Å². The smallest absolute Gasteiger partial charge is 0.186 e. The van der Waals surface area contributed by atoms with Crippen LogP contribution in [0, 0.1) is 17.8 Å². The molecule has 1 aromatic carbocycles. The van der Waals surface area contributed by atoms with Crippen molar-refractivity contribution in [3.63, 3.8) is 0 Å². The average Bonchev–Trinajstić information content (AvgIpc) is 2.79. The molecule has 0 saturated heterocycles. The second-order valence-electron chi connectivity index (χ2n) is 6.32. The Morgan fingerprint density at radius 1 is 1.20 bits per heavy atom. The first kappa shape index (κ1) is 13.3. The van der Waals surface area contributed by atoms with Gasteiger partial charge in [0.2, 0.25) is 0 Å². The Morgan fingerprint density at radius 2 is 1.95 bits per heavy atom. The van der Waals surface area contributed by atoms with Gasteiger partial charge in [-0.05, 0) is 37.2 Å². The van der Waals surface area contributed by atoms with Gasteiger partial charge in [0.05, 0.1) is 5.52 Å². The largest absolute Gasteiger partial charge is 0.292 e. The summed E-state index contributed by atoms with van der Waals surface area (Å²) in [5.41, 5.74) is 1.70. The van der Waals surface area contributed by atoms with Crippen LogP contribution in [0.25, 0.3) is 10.9 Å². The van der Waals surface area contributed by atoms with E-state index in [1.54, 1.807) is 0 Å². The maximum Gasteiger partial charge on any atom is 0.186 e. The zero-order valence-corrected chi connectivity index (χ0v) is 12.5. The molecule has 1 aliphatic rings. The van der Waals surface area contributed by atoms with E-state index < -0.39 is 0 Å². The Kier molecular flexibility index (Phi) is 3.36. The number of aryl methyl sites for hydroxylation is 1. The molecule has 0 bridgehead atoms. The van der Waals surface area contributed by atoms with Crippen LogP contribution in [0.2, 0.25) is 0 Å². The number of Topliss-reactive ketones (excluding diaryl/α,β-unsaturated/α-hetero) is 1. The summed E-state index contributed by atoms with van der Waals surface area (Å²) in [6, 6.07) is 7.99. The number of ketones is 1. The van der Waals surface area contributed by atoms with Gasteiger partial charge in [-0.15, -0.1) is 0 Å². The van der Waals surface area contributed by atoms with E-state index in [0.717, 1.165) is 36.1 Å². The van der Waals surface area contributed by atoms with E-state index in [1.165, 1.54) is 0 Å². The third-order valence-electron chi connectivity index (χ3n) is 4.96. The van der Waals surface area contributed by atoms with Crippen LogP contribution in [-0.2, 0) is 7.05 Å². The summed E-state index contributed by atoms with van der Waals surface area (Å²) in [7, 11) is 1.91. The minimum absolute atomic E-state index is 0.152. The van der Waals surface area contributed by atoms with E-state index in [0.29, 0.717) is 11.6 Å². The number of benzene rings is 1. The summed E-state index contributed by atoms with van der Waals surface area (Å²) in [6.45, 7) is 4.56. The number of hydrogen-bond donors (Lipinski definition) is 0. The van der Waals surface area contributed by atoms with Gasteiger partial charge in [-0.25, -0.2) is 0 Å². The van der Waals surface area contributed by atoms with Crippen molar-refractivity contribution in [1.82, 2.24) is 9.78 Å². The molecule has 0 aliphatic heterocycles. The van der Waals surface area contributed by atoms with Gasteiger partial charge < -0.3 is 0 Å². The molecule has 0 radical (unpaired) electrons. The Hall–Kier alpha value is -1.64. The first-order valence-electron chi connectivity index (χ1n) is 7.54. The van der Waals surface area contributed by atoms with Gasteiger partial charge in [-0.2, -0.15) is 5.10 Å². The topological polar surface area (TPSA) is 34.9 Å². The Morgan fingerprint density at radius 3 is 2.70 bits per heavy atom. The fourth-order valence-corrected chi connectivity index (χ4v) is 3.37. The van der Waals surface area contributed by atoms with Crippen LogP contribution < -0.4 is 0 Å². The number of carbonyl (C=O) groups excluding carboxylic acids is 1. The molecule has 0 N–H and O–H groups in total. The molecule has 0 amide bonds. The number of hydrogen-bond acceptors (Lipinski definition) is 2. The summed E-state index contributed by atoms with van der Waals surface area (Å²) >= 11 is 0. The van der Waals surface area contributed by atoms with Crippen molar-refractivity contribution in [2.24, 2.45) is 24.8 Å². The van der Waals surface area contributed by atoms with Crippen molar-refractivity contribution in [2.45, 2.75) is 33.1 Å². The van der Waals surface area contributed by atoms with E-state index in [4.69, 9.17) is 0 Å². The number of rotatable bonds is 2. The van der Waals surface area contributed by atoms with Crippen molar-refractivity contribution in [3.05, 3.63) is 30.0 Å². The minimum atomic E-state index is 0.152. The van der Waals surface area contributed by atoms with E-state index in [1.807, 2.05) is 36.0 Å². The normalized spacial score (nSPS) is 26.9. The van der Waals surface area contributed by atoms with Gasteiger partial charge in [-0.3, -0.25) is 9.48 Å². The van der Waals surface area contributed by atoms with Crippen LogP contribution in [0.3, 0.4) is 0 Å². The van der Waals surface area contributed by atoms with Crippen LogP contribution in [0.4, 0.5) is 0 Å². The lowest BCUT2D eigenvalue weighted by Gasteiger charge is -2.30. The van der Waals surface area contributed by atoms with E-state index in [2.05, 4.69) is 18.9 Å². The number of carbonyl (C=O) groups is 1. The predicted molar refractivity (Wildman–Crippen MR) is 80.7 cm³/mol. The highest BCUT2D eigenvalue weighted by Crippen LogP contribution is 2.35. The molecule has 3 heteroatoms. The molecule has 3 nitrogen and oxygen atoms in total. The molecule has 1 aromatic heterocycles. The standard InChI is InChI=1S/C17H22N2O/c1-11-8-9-13(10-12(11)2)17(20)16-14-6-4-5-7-15(14)19(3)18-16/h4-7,11-13H,8-10H2,1-3H3. The van der Waals surface area contributed by atoms with Crippen LogP contribution in [0.1, 0.15) is 43.6 Å². The molecule has 0 spiro atoms. The van der Waals surface area contributed by atoms with Crippen LogP contribution in [-0.4, -0.2) is 15.6 Å². The second kappa shape index (κ2) is 5.04. The zero-order chi connectivity index (χ0) is 14.3. The average molecular weight is 270 g/mol. The third kappa shape index (κ3) is 2.15. The van der Waals surface area contributed by atoms with Gasteiger partial charge in [0.15, 0.2) is 5.78 Å².